The van der Waals surface area contributed by atoms with Crippen LogP contribution in [0.3, 0.4) is 0 Å². The van der Waals surface area contributed by atoms with Crippen LogP contribution in [0.1, 0.15) is 117 Å². The summed E-state index contributed by atoms with van der Waals surface area (Å²) in [5, 5.41) is 40.0. The summed E-state index contributed by atoms with van der Waals surface area (Å²) in [6, 6.07) is 0. The normalized spacial score (nSPS) is 21.7. The van der Waals surface area contributed by atoms with Gasteiger partial charge in [0.2, 0.25) is 0 Å². The number of unbranched alkanes of at least 4 members (excludes halogenated alkanes) is 5. The smallest absolute Gasteiger partial charge is 0.310 e. The molecule has 0 radical (unpaired) electrons. The lowest BCUT2D eigenvalue weighted by molar-refractivity contribution is -0.305. The quantitative estimate of drug-likeness (QED) is 0.0292. The van der Waals surface area contributed by atoms with Gasteiger partial charge in [0.25, 0.3) is 0 Å². The van der Waals surface area contributed by atoms with Crippen LogP contribution in [0.15, 0.2) is 109 Å². The average molecular weight is 783 g/mol. The Labute approximate surface area is 338 Å². The van der Waals surface area contributed by atoms with E-state index < -0.39 is 49.4 Å². The van der Waals surface area contributed by atoms with Crippen LogP contribution in [-0.2, 0) is 23.7 Å². The van der Waals surface area contributed by atoms with Gasteiger partial charge < -0.3 is 39.4 Å². The lowest BCUT2D eigenvalue weighted by Crippen LogP contribution is -2.59. The number of ether oxygens (including phenoxy) is 4. The third-order valence-corrected chi connectivity index (χ3v) is 8.72. The molecule has 9 heteroatoms. The van der Waals surface area contributed by atoms with Gasteiger partial charge in [-0.05, 0) is 77.0 Å². The van der Waals surface area contributed by atoms with Gasteiger partial charge in [0.15, 0.2) is 6.29 Å². The molecule has 1 aliphatic heterocycles. The minimum absolute atomic E-state index is 0.0744. The number of rotatable bonds is 33. The topological polar surface area (TPSA) is 135 Å². The summed E-state index contributed by atoms with van der Waals surface area (Å²) in [6.07, 6.45) is 45.7. The minimum Gasteiger partial charge on any atom is -0.457 e. The van der Waals surface area contributed by atoms with Gasteiger partial charge >= 0.3 is 5.97 Å². The fourth-order valence-corrected chi connectivity index (χ4v) is 5.50. The van der Waals surface area contributed by atoms with Gasteiger partial charge in [0.05, 0.1) is 26.2 Å². The molecule has 0 bridgehead atoms. The van der Waals surface area contributed by atoms with E-state index in [-0.39, 0.29) is 19.6 Å². The number of allylic oxidation sites excluding steroid dienone is 17. The van der Waals surface area contributed by atoms with Crippen molar-refractivity contribution in [3.8, 4) is 0 Å². The largest absolute Gasteiger partial charge is 0.457 e. The summed E-state index contributed by atoms with van der Waals surface area (Å²) >= 11 is 0. The zero-order valence-electron chi connectivity index (χ0n) is 34.3. The minimum atomic E-state index is -1.56. The fraction of sp³-hybridized carbons (Fsp3) is 0.596. The van der Waals surface area contributed by atoms with Crippen LogP contribution in [0, 0.1) is 0 Å². The SMILES string of the molecule is CC/C=C\C/C=C\C/C=C\C/C=C\C/C=C\CC(=O)OC(COCCCCCCC/C=C\C/C=C\C/C=C\C/C=C\CC)COC1OC(CO)C(O)C(O)C1O. The second kappa shape index (κ2) is 37.4. The summed E-state index contributed by atoms with van der Waals surface area (Å²) < 4.78 is 22.6. The molecule has 0 amide bonds. The molecule has 1 heterocycles. The maximum absolute atomic E-state index is 12.7. The van der Waals surface area contributed by atoms with Crippen LogP contribution in [0.25, 0.3) is 0 Å². The molecule has 0 spiro atoms. The predicted octanol–water partition coefficient (Wildman–Crippen LogP) is 9.02. The summed E-state index contributed by atoms with van der Waals surface area (Å²) in [4.78, 5) is 12.7. The lowest BCUT2D eigenvalue weighted by Gasteiger charge is -2.39. The van der Waals surface area contributed by atoms with Crippen LogP contribution < -0.4 is 0 Å². The molecule has 6 unspecified atom stereocenters. The van der Waals surface area contributed by atoms with Crippen LogP contribution in [0.5, 0.6) is 0 Å². The van der Waals surface area contributed by atoms with E-state index in [1.54, 1.807) is 6.08 Å². The van der Waals surface area contributed by atoms with E-state index in [1.807, 2.05) is 12.2 Å². The third-order valence-electron chi connectivity index (χ3n) is 8.72. The number of carbonyl (C=O) groups is 1. The van der Waals surface area contributed by atoms with E-state index in [1.165, 1.54) is 0 Å². The number of carbonyl (C=O) groups excluding carboxylic acids is 1. The zero-order valence-corrected chi connectivity index (χ0v) is 34.3. The number of hydrogen-bond donors (Lipinski definition) is 4. The molecule has 1 aliphatic rings. The van der Waals surface area contributed by atoms with Crippen molar-refractivity contribution >= 4 is 5.97 Å². The molecule has 0 aromatic rings. The van der Waals surface area contributed by atoms with Crippen LogP contribution >= 0.6 is 0 Å². The Bertz CT molecular complexity index is 1210. The highest BCUT2D eigenvalue weighted by Crippen LogP contribution is 2.22. The number of hydrogen-bond acceptors (Lipinski definition) is 9. The molecule has 0 saturated carbocycles. The molecular formula is C47H74O9. The molecule has 0 aromatic heterocycles. The second-order valence-electron chi connectivity index (χ2n) is 13.7. The van der Waals surface area contributed by atoms with Gasteiger partial charge in [-0.25, -0.2) is 0 Å². The highest BCUT2D eigenvalue weighted by atomic mass is 16.7. The van der Waals surface area contributed by atoms with E-state index in [4.69, 9.17) is 18.9 Å². The first-order valence-corrected chi connectivity index (χ1v) is 21.0. The van der Waals surface area contributed by atoms with E-state index in [9.17, 15) is 25.2 Å². The Kier molecular flexibility index (Phi) is 34.0. The van der Waals surface area contributed by atoms with Gasteiger partial charge in [-0.15, -0.1) is 0 Å². The summed E-state index contributed by atoms with van der Waals surface area (Å²) in [5.74, 6) is -0.453. The first kappa shape index (κ1) is 50.9. The summed E-state index contributed by atoms with van der Waals surface area (Å²) in [5.41, 5.74) is 0. The van der Waals surface area contributed by atoms with Gasteiger partial charge in [-0.1, -0.05) is 142 Å². The van der Waals surface area contributed by atoms with Gasteiger partial charge in [0, 0.05) is 6.61 Å². The molecule has 316 valence electrons. The van der Waals surface area contributed by atoms with Crippen molar-refractivity contribution in [1.82, 2.24) is 0 Å². The van der Waals surface area contributed by atoms with Gasteiger partial charge in [-0.2, -0.15) is 0 Å². The Balaban J connectivity index is 2.38. The molecule has 56 heavy (non-hydrogen) atoms. The van der Waals surface area contributed by atoms with Crippen molar-refractivity contribution in [2.75, 3.05) is 26.4 Å². The molecule has 9 nitrogen and oxygen atoms in total. The number of aliphatic hydroxyl groups is 4. The van der Waals surface area contributed by atoms with Crippen molar-refractivity contribution in [2.45, 2.75) is 153 Å². The zero-order chi connectivity index (χ0) is 40.7. The van der Waals surface area contributed by atoms with E-state index in [0.29, 0.717) is 13.0 Å². The van der Waals surface area contributed by atoms with Crippen LogP contribution in [0.2, 0.25) is 0 Å². The first-order valence-electron chi connectivity index (χ1n) is 21.0. The maximum atomic E-state index is 12.7. The average Bonchev–Trinajstić information content (AvgIpc) is 3.20. The molecular weight excluding hydrogens is 709 g/mol. The number of esters is 1. The first-order chi connectivity index (χ1) is 27.4. The standard InChI is InChI=1S/C47H74O9/c1-3-5-7-9-11-13-15-17-19-20-21-23-25-27-29-31-33-35-37-53-39-41(40-54-47-46(52)45(51)44(50)42(38-48)56-47)55-43(49)36-34-32-30-28-26-24-22-18-16-14-12-10-8-6-4-2/h5-8,11-14,17-19,21-23,26,28,32,34,41-42,44-48,50-52H,3-4,9-10,15-16,20,24-25,27,29-31,33,35-40H2,1-2H3/b7-5-,8-6-,13-11-,14-12-,19-17-,22-18-,23-21-,28-26-,34-32-. The monoisotopic (exact) mass is 783 g/mol. The molecule has 1 fully saturated rings. The van der Waals surface area contributed by atoms with E-state index in [2.05, 4.69) is 105 Å². The Hall–Kier alpha value is -3.15. The molecule has 1 saturated heterocycles. The van der Waals surface area contributed by atoms with Gasteiger partial charge in [-0.3, -0.25) is 4.79 Å². The van der Waals surface area contributed by atoms with Crippen LogP contribution in [-0.4, -0.2) is 89.6 Å². The second-order valence-corrected chi connectivity index (χ2v) is 13.7. The summed E-state index contributed by atoms with van der Waals surface area (Å²) in [7, 11) is 0. The molecule has 1 rings (SSSR count). The molecule has 0 aliphatic carbocycles. The number of aliphatic hydroxyl groups excluding tert-OH is 4. The maximum Gasteiger partial charge on any atom is 0.310 e. The fourth-order valence-electron chi connectivity index (χ4n) is 5.50. The molecule has 0 aromatic carbocycles. The van der Waals surface area contributed by atoms with Crippen molar-refractivity contribution < 1.29 is 44.2 Å². The van der Waals surface area contributed by atoms with Crippen molar-refractivity contribution in [1.29, 1.82) is 0 Å². The predicted molar refractivity (Wildman–Crippen MR) is 228 cm³/mol. The van der Waals surface area contributed by atoms with Crippen molar-refractivity contribution in [3.05, 3.63) is 109 Å². The highest BCUT2D eigenvalue weighted by molar-refractivity contribution is 5.71. The summed E-state index contributed by atoms with van der Waals surface area (Å²) in [6.45, 7) is 4.12. The third kappa shape index (κ3) is 28.3. The van der Waals surface area contributed by atoms with Crippen molar-refractivity contribution in [3.63, 3.8) is 0 Å². The van der Waals surface area contributed by atoms with Crippen molar-refractivity contribution in [2.24, 2.45) is 0 Å². The molecule has 4 N–H and O–H groups in total. The van der Waals surface area contributed by atoms with E-state index >= 15 is 0 Å². The Morgan fingerprint density at radius 1 is 0.571 bits per heavy atom. The van der Waals surface area contributed by atoms with Gasteiger partial charge in [0.1, 0.15) is 30.5 Å². The van der Waals surface area contributed by atoms with Crippen LogP contribution in [0.4, 0.5) is 0 Å². The highest BCUT2D eigenvalue weighted by Gasteiger charge is 2.44. The Morgan fingerprint density at radius 3 is 1.55 bits per heavy atom. The van der Waals surface area contributed by atoms with E-state index in [0.717, 1.165) is 89.9 Å². The lowest BCUT2D eigenvalue weighted by atomic mass is 9.99. The molecule has 6 atom stereocenters. The Morgan fingerprint density at radius 2 is 1.04 bits per heavy atom.